The minimum absolute atomic E-state index is 0.0827. The number of nitrogens with one attached hydrogen (secondary N) is 1. The van der Waals surface area contributed by atoms with Crippen molar-refractivity contribution in [2.24, 2.45) is 5.73 Å². The van der Waals surface area contributed by atoms with E-state index in [1.807, 2.05) is 6.92 Å². The van der Waals surface area contributed by atoms with Gasteiger partial charge in [-0.05, 0) is 25.1 Å². The second-order valence-electron chi connectivity index (χ2n) is 3.56. The van der Waals surface area contributed by atoms with E-state index in [1.54, 1.807) is 6.07 Å². The van der Waals surface area contributed by atoms with Crippen molar-refractivity contribution < 1.29 is 13.9 Å². The Balaban J connectivity index is 2.53. The van der Waals surface area contributed by atoms with E-state index in [9.17, 15) is 9.18 Å². The van der Waals surface area contributed by atoms with Gasteiger partial charge in [0.25, 0.3) is 0 Å². The highest BCUT2D eigenvalue weighted by molar-refractivity contribution is 7.80. The first-order valence-electron chi connectivity index (χ1n) is 5.53. The SMILES string of the molecule is CCNC(=O)CCOc1ccc(C(N)=S)cc1F. The van der Waals surface area contributed by atoms with E-state index in [0.717, 1.165) is 0 Å². The molecule has 0 heterocycles. The van der Waals surface area contributed by atoms with Gasteiger partial charge in [-0.3, -0.25) is 4.79 Å². The summed E-state index contributed by atoms with van der Waals surface area (Å²) in [6, 6.07) is 4.23. The molecule has 4 nitrogen and oxygen atoms in total. The van der Waals surface area contributed by atoms with E-state index < -0.39 is 5.82 Å². The molecule has 6 heteroatoms. The van der Waals surface area contributed by atoms with Crippen molar-refractivity contribution in [1.29, 1.82) is 0 Å². The van der Waals surface area contributed by atoms with Crippen LogP contribution in [-0.2, 0) is 4.79 Å². The summed E-state index contributed by atoms with van der Waals surface area (Å²) in [5.41, 5.74) is 5.82. The number of amides is 1. The van der Waals surface area contributed by atoms with Gasteiger partial charge in [-0.1, -0.05) is 12.2 Å². The first-order valence-corrected chi connectivity index (χ1v) is 5.94. The molecule has 0 aliphatic carbocycles. The van der Waals surface area contributed by atoms with Gasteiger partial charge < -0.3 is 15.8 Å². The molecule has 0 aromatic heterocycles. The van der Waals surface area contributed by atoms with Crippen LogP contribution in [0.1, 0.15) is 18.9 Å². The number of hydrogen-bond donors (Lipinski definition) is 2. The van der Waals surface area contributed by atoms with Crippen LogP contribution in [0.4, 0.5) is 4.39 Å². The summed E-state index contributed by atoms with van der Waals surface area (Å²) in [5.74, 6) is -0.590. The third kappa shape index (κ3) is 4.29. The molecule has 1 amide bonds. The molecule has 18 heavy (non-hydrogen) atoms. The summed E-state index contributed by atoms with van der Waals surface area (Å²) in [7, 11) is 0. The van der Waals surface area contributed by atoms with Crippen LogP contribution in [0.3, 0.4) is 0 Å². The fourth-order valence-corrected chi connectivity index (χ4v) is 1.44. The first-order chi connectivity index (χ1) is 8.54. The number of ether oxygens (including phenoxy) is 1. The number of halogens is 1. The van der Waals surface area contributed by atoms with Gasteiger partial charge in [-0.2, -0.15) is 0 Å². The molecule has 0 aliphatic rings. The van der Waals surface area contributed by atoms with Crippen molar-refractivity contribution in [3.8, 4) is 5.75 Å². The van der Waals surface area contributed by atoms with E-state index in [2.05, 4.69) is 5.32 Å². The normalized spacial score (nSPS) is 9.89. The lowest BCUT2D eigenvalue weighted by Gasteiger charge is -2.08. The highest BCUT2D eigenvalue weighted by Gasteiger charge is 2.07. The highest BCUT2D eigenvalue weighted by atomic mass is 32.1. The Morgan fingerprint density at radius 1 is 1.56 bits per heavy atom. The van der Waals surface area contributed by atoms with Crippen LogP contribution >= 0.6 is 12.2 Å². The van der Waals surface area contributed by atoms with Crippen LogP contribution in [0, 0.1) is 5.82 Å². The summed E-state index contributed by atoms with van der Waals surface area (Å²) in [4.78, 5) is 11.3. The Bertz CT molecular complexity index is 452. The lowest BCUT2D eigenvalue weighted by molar-refractivity contribution is -0.121. The number of hydrogen-bond acceptors (Lipinski definition) is 3. The minimum Gasteiger partial charge on any atom is -0.490 e. The average Bonchev–Trinajstić information content (AvgIpc) is 2.31. The van der Waals surface area contributed by atoms with Gasteiger partial charge in [0.05, 0.1) is 13.0 Å². The fraction of sp³-hybridized carbons (Fsp3) is 0.333. The van der Waals surface area contributed by atoms with Crippen molar-refractivity contribution in [2.75, 3.05) is 13.2 Å². The number of nitrogens with two attached hydrogens (primary N) is 1. The van der Waals surface area contributed by atoms with Crippen LogP contribution in [-0.4, -0.2) is 24.0 Å². The lowest BCUT2D eigenvalue weighted by atomic mass is 10.2. The van der Waals surface area contributed by atoms with Crippen molar-refractivity contribution in [3.05, 3.63) is 29.6 Å². The Kier molecular flexibility index (Phi) is 5.51. The van der Waals surface area contributed by atoms with E-state index >= 15 is 0 Å². The van der Waals surface area contributed by atoms with Crippen molar-refractivity contribution in [2.45, 2.75) is 13.3 Å². The third-order valence-corrected chi connectivity index (χ3v) is 2.41. The second-order valence-corrected chi connectivity index (χ2v) is 4.00. The zero-order valence-corrected chi connectivity index (χ0v) is 10.8. The monoisotopic (exact) mass is 270 g/mol. The quantitative estimate of drug-likeness (QED) is 0.766. The largest absolute Gasteiger partial charge is 0.490 e. The maximum absolute atomic E-state index is 13.5. The number of carbonyl (C=O) groups excluding carboxylic acids is 1. The van der Waals surface area contributed by atoms with E-state index in [0.29, 0.717) is 12.1 Å². The Hall–Kier alpha value is -1.69. The van der Waals surface area contributed by atoms with Gasteiger partial charge >= 0.3 is 0 Å². The maximum Gasteiger partial charge on any atom is 0.223 e. The van der Waals surface area contributed by atoms with Gasteiger partial charge in [0, 0.05) is 12.1 Å². The Labute approximate surface area is 110 Å². The molecule has 3 N–H and O–H groups in total. The number of thiocarbonyl (C=S) groups is 1. The fourth-order valence-electron chi connectivity index (χ4n) is 1.31. The average molecular weight is 270 g/mol. The molecule has 0 atom stereocenters. The smallest absolute Gasteiger partial charge is 0.223 e. The molecule has 0 saturated carbocycles. The predicted molar refractivity (Wildman–Crippen MR) is 71.1 cm³/mol. The molecular formula is C12H15FN2O2S. The topological polar surface area (TPSA) is 64.3 Å². The molecule has 98 valence electrons. The van der Waals surface area contributed by atoms with Crippen LogP contribution in [0.15, 0.2) is 18.2 Å². The minimum atomic E-state index is -0.545. The Morgan fingerprint density at radius 2 is 2.28 bits per heavy atom. The number of rotatable bonds is 6. The summed E-state index contributed by atoms with van der Waals surface area (Å²) in [6.07, 6.45) is 0.185. The molecule has 0 spiro atoms. The second kappa shape index (κ2) is 6.90. The van der Waals surface area contributed by atoms with E-state index in [-0.39, 0.29) is 29.7 Å². The maximum atomic E-state index is 13.5. The van der Waals surface area contributed by atoms with Gasteiger partial charge in [0.2, 0.25) is 5.91 Å². The predicted octanol–water partition coefficient (Wildman–Crippen LogP) is 1.36. The molecule has 0 radical (unpaired) electrons. The van der Waals surface area contributed by atoms with Crippen molar-refractivity contribution in [3.63, 3.8) is 0 Å². The molecule has 0 aliphatic heterocycles. The molecule has 0 fully saturated rings. The molecule has 1 aromatic rings. The van der Waals surface area contributed by atoms with Gasteiger partial charge in [0.15, 0.2) is 11.6 Å². The van der Waals surface area contributed by atoms with Crippen LogP contribution in [0.5, 0.6) is 5.75 Å². The molecule has 0 saturated heterocycles. The summed E-state index contributed by atoms with van der Waals surface area (Å²) < 4.78 is 18.7. The first kappa shape index (κ1) is 14.4. The van der Waals surface area contributed by atoms with Crippen LogP contribution < -0.4 is 15.8 Å². The molecular weight excluding hydrogens is 255 g/mol. The molecule has 0 unspecified atom stereocenters. The molecule has 0 bridgehead atoms. The van der Waals surface area contributed by atoms with Crippen LogP contribution in [0.2, 0.25) is 0 Å². The highest BCUT2D eigenvalue weighted by Crippen LogP contribution is 2.18. The molecule has 1 aromatic carbocycles. The summed E-state index contributed by atoms with van der Waals surface area (Å²) >= 11 is 4.73. The van der Waals surface area contributed by atoms with Crippen molar-refractivity contribution >= 4 is 23.1 Å². The Morgan fingerprint density at radius 3 is 2.83 bits per heavy atom. The summed E-state index contributed by atoms with van der Waals surface area (Å²) in [6.45, 7) is 2.51. The summed E-state index contributed by atoms with van der Waals surface area (Å²) in [5, 5.41) is 2.62. The lowest BCUT2D eigenvalue weighted by Crippen LogP contribution is -2.24. The van der Waals surface area contributed by atoms with E-state index in [4.69, 9.17) is 22.7 Å². The van der Waals surface area contributed by atoms with E-state index in [1.165, 1.54) is 12.1 Å². The number of benzene rings is 1. The number of carbonyl (C=O) groups is 1. The van der Waals surface area contributed by atoms with Crippen molar-refractivity contribution in [1.82, 2.24) is 5.32 Å². The van der Waals surface area contributed by atoms with Crippen LogP contribution in [0.25, 0.3) is 0 Å². The molecule has 1 rings (SSSR count). The third-order valence-electron chi connectivity index (χ3n) is 2.18. The van der Waals surface area contributed by atoms with Gasteiger partial charge in [-0.25, -0.2) is 4.39 Å². The zero-order valence-electron chi connectivity index (χ0n) is 10.0. The standard InChI is InChI=1S/C12H15FN2O2S/c1-2-15-11(16)5-6-17-10-4-3-8(12(14)18)7-9(10)13/h3-4,7H,2,5-6H2,1H3,(H2,14,18)(H,15,16). The zero-order chi connectivity index (χ0) is 13.5. The van der Waals surface area contributed by atoms with Gasteiger partial charge in [0.1, 0.15) is 4.99 Å². The van der Waals surface area contributed by atoms with Gasteiger partial charge in [-0.15, -0.1) is 0 Å².